The number of benzene rings is 2. The summed E-state index contributed by atoms with van der Waals surface area (Å²) < 4.78 is 33.9. The number of nitro groups is 1. The van der Waals surface area contributed by atoms with Crippen molar-refractivity contribution in [1.82, 2.24) is 9.62 Å². The van der Waals surface area contributed by atoms with Crippen molar-refractivity contribution in [2.45, 2.75) is 37.1 Å². The molecule has 1 unspecified atom stereocenters. The van der Waals surface area contributed by atoms with Crippen molar-refractivity contribution in [2.75, 3.05) is 26.7 Å². The Morgan fingerprint density at radius 2 is 1.80 bits per heavy atom. The molecule has 1 saturated heterocycles. The fourth-order valence-corrected chi connectivity index (χ4v) is 5.07. The first-order chi connectivity index (χ1) is 14.3. The summed E-state index contributed by atoms with van der Waals surface area (Å²) in [6.45, 7) is 3.60. The summed E-state index contributed by atoms with van der Waals surface area (Å²) in [4.78, 5) is 12.7. The van der Waals surface area contributed by atoms with Crippen LogP contribution in [0.5, 0.6) is 5.75 Å². The van der Waals surface area contributed by atoms with Gasteiger partial charge in [-0.1, -0.05) is 24.6 Å². The van der Waals surface area contributed by atoms with E-state index in [0.29, 0.717) is 5.56 Å². The second-order valence-electron chi connectivity index (χ2n) is 7.44. The summed E-state index contributed by atoms with van der Waals surface area (Å²) in [5.74, 6) is 0.740. The summed E-state index contributed by atoms with van der Waals surface area (Å²) in [6.07, 6.45) is 3.32. The standard InChI is InChI=1S/C21H27N3O5S/c1-16-6-9-18(24(25)26)14-21(16)30(27,28)22-15-20(23-12-4-3-5-13-23)17-7-10-19(29-2)11-8-17/h6-11,14,20,22H,3-5,12-13,15H2,1-2H3. The third-order valence-corrected chi connectivity index (χ3v) is 7.04. The summed E-state index contributed by atoms with van der Waals surface area (Å²) in [5, 5.41) is 11.1. The zero-order valence-electron chi connectivity index (χ0n) is 17.2. The summed E-state index contributed by atoms with van der Waals surface area (Å²) in [7, 11) is -2.30. The van der Waals surface area contributed by atoms with E-state index in [2.05, 4.69) is 9.62 Å². The molecule has 0 aromatic heterocycles. The number of hydrogen-bond donors (Lipinski definition) is 1. The van der Waals surface area contributed by atoms with Crippen molar-refractivity contribution in [1.29, 1.82) is 0 Å². The van der Waals surface area contributed by atoms with E-state index < -0.39 is 14.9 Å². The molecule has 8 nitrogen and oxygen atoms in total. The number of nitrogens with zero attached hydrogens (tertiary/aromatic N) is 2. The lowest BCUT2D eigenvalue weighted by molar-refractivity contribution is -0.385. The number of sulfonamides is 1. The number of nitrogens with one attached hydrogen (secondary N) is 1. The fraction of sp³-hybridized carbons (Fsp3) is 0.429. The minimum atomic E-state index is -3.91. The van der Waals surface area contributed by atoms with Crippen LogP contribution in [0.2, 0.25) is 0 Å². The number of piperidine rings is 1. The van der Waals surface area contributed by atoms with E-state index in [4.69, 9.17) is 4.74 Å². The molecule has 0 bridgehead atoms. The Labute approximate surface area is 177 Å². The summed E-state index contributed by atoms with van der Waals surface area (Å²) >= 11 is 0. The Hall–Kier alpha value is -2.49. The topological polar surface area (TPSA) is 102 Å². The van der Waals surface area contributed by atoms with Gasteiger partial charge >= 0.3 is 0 Å². The van der Waals surface area contributed by atoms with Crippen LogP contribution in [0.15, 0.2) is 47.4 Å². The number of ether oxygens (including phenoxy) is 1. The van der Waals surface area contributed by atoms with E-state index in [0.717, 1.165) is 43.3 Å². The molecular formula is C21H27N3O5S. The predicted octanol–water partition coefficient (Wildman–Crippen LogP) is 3.42. The molecule has 2 aromatic carbocycles. The van der Waals surface area contributed by atoms with Gasteiger partial charge in [-0.3, -0.25) is 15.0 Å². The fourth-order valence-electron chi connectivity index (χ4n) is 3.77. The van der Waals surface area contributed by atoms with Crippen molar-refractivity contribution in [3.05, 3.63) is 63.7 Å². The number of likely N-dealkylation sites (tertiary alicyclic amines) is 1. The molecule has 0 radical (unpaired) electrons. The monoisotopic (exact) mass is 433 g/mol. The zero-order valence-corrected chi connectivity index (χ0v) is 18.0. The van der Waals surface area contributed by atoms with Gasteiger partial charge in [-0.25, -0.2) is 13.1 Å². The summed E-state index contributed by atoms with van der Waals surface area (Å²) in [6, 6.07) is 11.4. The SMILES string of the molecule is COc1ccc(C(CNS(=O)(=O)c2cc([N+](=O)[O-])ccc2C)N2CCCCC2)cc1. The van der Waals surface area contributed by atoms with Crippen molar-refractivity contribution >= 4 is 15.7 Å². The maximum atomic E-state index is 13.0. The van der Waals surface area contributed by atoms with Gasteiger partial charge in [0.2, 0.25) is 10.0 Å². The molecule has 1 atom stereocenters. The largest absolute Gasteiger partial charge is 0.497 e. The molecular weight excluding hydrogens is 406 g/mol. The molecule has 1 fully saturated rings. The van der Waals surface area contributed by atoms with Crippen LogP contribution < -0.4 is 9.46 Å². The maximum Gasteiger partial charge on any atom is 0.270 e. The van der Waals surface area contributed by atoms with E-state index in [-0.39, 0.29) is 23.2 Å². The van der Waals surface area contributed by atoms with Gasteiger partial charge in [-0.2, -0.15) is 0 Å². The van der Waals surface area contributed by atoms with Crippen molar-refractivity contribution < 1.29 is 18.1 Å². The average molecular weight is 434 g/mol. The number of aryl methyl sites for hydroxylation is 1. The molecule has 0 saturated carbocycles. The third-order valence-electron chi connectivity index (χ3n) is 5.47. The quantitative estimate of drug-likeness (QED) is 0.506. The number of rotatable bonds is 8. The van der Waals surface area contributed by atoms with Crippen molar-refractivity contribution in [3.8, 4) is 5.75 Å². The van der Waals surface area contributed by atoms with Crippen molar-refractivity contribution in [3.63, 3.8) is 0 Å². The number of hydrogen-bond acceptors (Lipinski definition) is 6. The van der Waals surface area contributed by atoms with Gasteiger partial charge < -0.3 is 4.74 Å². The van der Waals surface area contributed by atoms with E-state index in [9.17, 15) is 18.5 Å². The van der Waals surface area contributed by atoms with Gasteiger partial charge in [-0.05, 0) is 56.1 Å². The molecule has 0 spiro atoms. The molecule has 30 heavy (non-hydrogen) atoms. The molecule has 162 valence electrons. The Morgan fingerprint density at radius 1 is 1.13 bits per heavy atom. The first-order valence-corrected chi connectivity index (χ1v) is 11.4. The second-order valence-corrected chi connectivity index (χ2v) is 9.18. The molecule has 1 aliphatic rings. The van der Waals surface area contributed by atoms with Crippen LogP contribution in [0.1, 0.15) is 36.4 Å². The highest BCUT2D eigenvalue weighted by atomic mass is 32.2. The highest BCUT2D eigenvalue weighted by Gasteiger charge is 2.26. The molecule has 0 aliphatic carbocycles. The number of methoxy groups -OCH3 is 1. The van der Waals surface area contributed by atoms with E-state index in [1.165, 1.54) is 18.6 Å². The van der Waals surface area contributed by atoms with Gasteiger partial charge in [0.15, 0.2) is 0 Å². The Kier molecular flexibility index (Phi) is 7.06. The lowest BCUT2D eigenvalue weighted by Crippen LogP contribution is -2.40. The third kappa shape index (κ3) is 5.16. The molecule has 1 N–H and O–H groups in total. The second kappa shape index (κ2) is 9.55. The van der Waals surface area contributed by atoms with Crippen LogP contribution >= 0.6 is 0 Å². The molecule has 2 aromatic rings. The molecule has 1 heterocycles. The van der Waals surface area contributed by atoms with Gasteiger partial charge in [0.25, 0.3) is 5.69 Å². The molecule has 0 amide bonds. The predicted molar refractivity (Wildman–Crippen MR) is 114 cm³/mol. The smallest absolute Gasteiger partial charge is 0.270 e. The van der Waals surface area contributed by atoms with Gasteiger partial charge in [0, 0.05) is 24.7 Å². The highest BCUT2D eigenvalue weighted by Crippen LogP contribution is 2.27. The van der Waals surface area contributed by atoms with E-state index in [1.807, 2.05) is 24.3 Å². The molecule has 3 rings (SSSR count). The summed E-state index contributed by atoms with van der Waals surface area (Å²) in [5.41, 5.74) is 1.21. The van der Waals surface area contributed by atoms with Gasteiger partial charge in [0.05, 0.1) is 16.9 Å². The molecule has 1 aliphatic heterocycles. The zero-order chi connectivity index (χ0) is 21.7. The van der Waals surface area contributed by atoms with Gasteiger partial charge in [0.1, 0.15) is 5.75 Å². The van der Waals surface area contributed by atoms with E-state index >= 15 is 0 Å². The van der Waals surface area contributed by atoms with E-state index in [1.54, 1.807) is 14.0 Å². The van der Waals surface area contributed by atoms with Crippen LogP contribution in [-0.4, -0.2) is 45.0 Å². The first-order valence-electron chi connectivity index (χ1n) is 9.94. The van der Waals surface area contributed by atoms with Crippen LogP contribution in [-0.2, 0) is 10.0 Å². The Balaban J connectivity index is 1.85. The van der Waals surface area contributed by atoms with Crippen molar-refractivity contribution in [2.24, 2.45) is 0 Å². The number of non-ortho nitro benzene ring substituents is 1. The van der Waals surface area contributed by atoms with Crippen LogP contribution in [0.3, 0.4) is 0 Å². The first kappa shape index (κ1) is 22.2. The van der Waals surface area contributed by atoms with Crippen LogP contribution in [0.4, 0.5) is 5.69 Å². The Morgan fingerprint density at radius 3 is 2.40 bits per heavy atom. The normalized spacial score (nSPS) is 16.2. The van der Waals surface area contributed by atoms with Crippen LogP contribution in [0, 0.1) is 17.0 Å². The Bertz CT molecular complexity index is 986. The minimum Gasteiger partial charge on any atom is -0.497 e. The number of nitro benzene ring substituents is 1. The highest BCUT2D eigenvalue weighted by molar-refractivity contribution is 7.89. The molecule has 9 heteroatoms. The lowest BCUT2D eigenvalue weighted by Gasteiger charge is -2.35. The average Bonchev–Trinajstić information content (AvgIpc) is 2.75. The maximum absolute atomic E-state index is 13.0. The lowest BCUT2D eigenvalue weighted by atomic mass is 10.0. The minimum absolute atomic E-state index is 0.0659. The van der Waals surface area contributed by atoms with Gasteiger partial charge in [-0.15, -0.1) is 0 Å². The van der Waals surface area contributed by atoms with Crippen LogP contribution in [0.25, 0.3) is 0 Å².